The summed E-state index contributed by atoms with van der Waals surface area (Å²) in [5, 5.41) is 0.777. The van der Waals surface area contributed by atoms with E-state index in [-0.39, 0.29) is 0 Å². The van der Waals surface area contributed by atoms with E-state index in [0.29, 0.717) is 6.61 Å². The van der Waals surface area contributed by atoms with E-state index in [9.17, 15) is 0 Å². The molecule has 0 unspecified atom stereocenters. The molecule has 0 heterocycles. The van der Waals surface area contributed by atoms with Crippen LogP contribution in [0, 0.1) is 0 Å². The Balaban J connectivity index is 3.05. The first kappa shape index (κ1) is 10.4. The lowest BCUT2D eigenvalue weighted by atomic mass is 10.2. The molecule has 0 aromatic heterocycles. The standard InChI is InChI=1S/C10H13BrO2/c1-3-13-10-8(7-11)5-4-6-9(10)12-2/h4-6H,3,7H2,1-2H3. The molecular weight excluding hydrogens is 232 g/mol. The fraction of sp³-hybridized carbons (Fsp3) is 0.400. The number of hydrogen-bond donors (Lipinski definition) is 0. The Labute approximate surface area is 87.0 Å². The second-order valence-corrected chi connectivity index (χ2v) is 3.08. The lowest BCUT2D eigenvalue weighted by Gasteiger charge is -2.12. The van der Waals surface area contributed by atoms with E-state index in [4.69, 9.17) is 9.47 Å². The van der Waals surface area contributed by atoms with Crippen LogP contribution in [-0.2, 0) is 5.33 Å². The van der Waals surface area contributed by atoms with E-state index in [2.05, 4.69) is 15.9 Å². The van der Waals surface area contributed by atoms with Crippen LogP contribution in [0.5, 0.6) is 11.5 Å². The fourth-order valence-corrected chi connectivity index (χ4v) is 1.58. The minimum Gasteiger partial charge on any atom is -0.493 e. The highest BCUT2D eigenvalue weighted by Crippen LogP contribution is 2.32. The number of benzene rings is 1. The van der Waals surface area contributed by atoms with Crippen LogP contribution >= 0.6 is 15.9 Å². The Bertz CT molecular complexity index is 251. The highest BCUT2D eigenvalue weighted by molar-refractivity contribution is 9.08. The summed E-state index contributed by atoms with van der Waals surface area (Å²) >= 11 is 3.41. The summed E-state index contributed by atoms with van der Waals surface area (Å²) in [4.78, 5) is 0. The van der Waals surface area contributed by atoms with Crippen molar-refractivity contribution in [2.75, 3.05) is 13.7 Å². The molecule has 0 radical (unpaired) electrons. The van der Waals surface area contributed by atoms with Crippen molar-refractivity contribution in [2.24, 2.45) is 0 Å². The van der Waals surface area contributed by atoms with Crippen molar-refractivity contribution in [3.63, 3.8) is 0 Å². The minimum absolute atomic E-state index is 0.653. The molecule has 13 heavy (non-hydrogen) atoms. The quantitative estimate of drug-likeness (QED) is 0.759. The zero-order valence-electron chi connectivity index (χ0n) is 7.84. The predicted octanol–water partition coefficient (Wildman–Crippen LogP) is 2.99. The van der Waals surface area contributed by atoms with Crippen molar-refractivity contribution < 1.29 is 9.47 Å². The summed E-state index contributed by atoms with van der Waals surface area (Å²) in [7, 11) is 1.65. The van der Waals surface area contributed by atoms with Gasteiger partial charge in [-0.15, -0.1) is 0 Å². The molecule has 0 aliphatic heterocycles. The fourth-order valence-electron chi connectivity index (χ4n) is 1.14. The normalized spacial score (nSPS) is 9.77. The minimum atomic E-state index is 0.653. The summed E-state index contributed by atoms with van der Waals surface area (Å²) in [6, 6.07) is 5.87. The zero-order valence-corrected chi connectivity index (χ0v) is 9.43. The van der Waals surface area contributed by atoms with Gasteiger partial charge in [-0.05, 0) is 13.0 Å². The van der Waals surface area contributed by atoms with Gasteiger partial charge in [0.1, 0.15) is 0 Å². The van der Waals surface area contributed by atoms with E-state index >= 15 is 0 Å². The zero-order chi connectivity index (χ0) is 9.68. The third kappa shape index (κ3) is 2.37. The molecule has 0 aliphatic rings. The number of halogens is 1. The van der Waals surface area contributed by atoms with Crippen LogP contribution < -0.4 is 9.47 Å². The van der Waals surface area contributed by atoms with Gasteiger partial charge in [0.05, 0.1) is 13.7 Å². The Morgan fingerprint density at radius 3 is 2.69 bits per heavy atom. The molecule has 3 heteroatoms. The molecule has 0 atom stereocenters. The first-order chi connectivity index (χ1) is 6.33. The molecule has 1 rings (SSSR count). The van der Waals surface area contributed by atoms with E-state index in [1.54, 1.807) is 7.11 Å². The van der Waals surface area contributed by atoms with Gasteiger partial charge in [-0.3, -0.25) is 0 Å². The highest BCUT2D eigenvalue weighted by Gasteiger charge is 2.07. The summed E-state index contributed by atoms with van der Waals surface area (Å²) in [6.07, 6.45) is 0. The van der Waals surface area contributed by atoms with Crippen LogP contribution in [0.2, 0.25) is 0 Å². The maximum atomic E-state index is 5.49. The molecule has 0 saturated carbocycles. The average molecular weight is 245 g/mol. The van der Waals surface area contributed by atoms with Gasteiger partial charge in [0.2, 0.25) is 0 Å². The lowest BCUT2D eigenvalue weighted by molar-refractivity contribution is 0.308. The second-order valence-electron chi connectivity index (χ2n) is 2.52. The van der Waals surface area contributed by atoms with Crippen LogP contribution in [0.25, 0.3) is 0 Å². The number of alkyl halides is 1. The first-order valence-electron chi connectivity index (χ1n) is 4.18. The number of methoxy groups -OCH3 is 1. The van der Waals surface area contributed by atoms with E-state index in [1.165, 1.54) is 0 Å². The molecule has 0 spiro atoms. The van der Waals surface area contributed by atoms with E-state index < -0.39 is 0 Å². The monoisotopic (exact) mass is 244 g/mol. The number of ether oxygens (including phenoxy) is 2. The Hall–Kier alpha value is -0.700. The summed E-state index contributed by atoms with van der Waals surface area (Å²) in [5.74, 6) is 1.63. The molecule has 1 aromatic carbocycles. The van der Waals surface area contributed by atoms with Gasteiger partial charge >= 0.3 is 0 Å². The van der Waals surface area contributed by atoms with E-state index in [1.807, 2.05) is 25.1 Å². The van der Waals surface area contributed by atoms with Crippen molar-refractivity contribution >= 4 is 15.9 Å². The largest absolute Gasteiger partial charge is 0.493 e. The summed E-state index contributed by atoms with van der Waals surface area (Å²) in [6.45, 7) is 2.62. The van der Waals surface area contributed by atoms with Gasteiger partial charge in [-0.25, -0.2) is 0 Å². The number of hydrogen-bond acceptors (Lipinski definition) is 2. The molecule has 2 nitrogen and oxygen atoms in total. The van der Waals surface area contributed by atoms with Crippen LogP contribution in [0.3, 0.4) is 0 Å². The molecular formula is C10H13BrO2. The smallest absolute Gasteiger partial charge is 0.165 e. The van der Waals surface area contributed by atoms with Crippen molar-refractivity contribution in [3.05, 3.63) is 23.8 Å². The van der Waals surface area contributed by atoms with Gasteiger partial charge in [-0.1, -0.05) is 28.1 Å². The van der Waals surface area contributed by atoms with Crippen molar-refractivity contribution in [1.29, 1.82) is 0 Å². The SMILES string of the molecule is CCOc1c(CBr)cccc1OC. The molecule has 0 fully saturated rings. The van der Waals surface area contributed by atoms with Gasteiger partial charge < -0.3 is 9.47 Å². The number of para-hydroxylation sites is 1. The van der Waals surface area contributed by atoms with Crippen LogP contribution in [-0.4, -0.2) is 13.7 Å². The third-order valence-corrected chi connectivity index (χ3v) is 2.32. The maximum Gasteiger partial charge on any atom is 0.165 e. The van der Waals surface area contributed by atoms with Crippen molar-refractivity contribution in [2.45, 2.75) is 12.3 Å². The topological polar surface area (TPSA) is 18.5 Å². The predicted molar refractivity (Wildman–Crippen MR) is 56.8 cm³/mol. The average Bonchev–Trinajstić information content (AvgIpc) is 2.18. The second kappa shape index (κ2) is 5.12. The van der Waals surface area contributed by atoms with Gasteiger partial charge in [-0.2, -0.15) is 0 Å². The van der Waals surface area contributed by atoms with Crippen LogP contribution in [0.4, 0.5) is 0 Å². The van der Waals surface area contributed by atoms with Crippen molar-refractivity contribution in [3.8, 4) is 11.5 Å². The van der Waals surface area contributed by atoms with Crippen molar-refractivity contribution in [1.82, 2.24) is 0 Å². The Morgan fingerprint density at radius 1 is 1.38 bits per heavy atom. The third-order valence-electron chi connectivity index (χ3n) is 1.71. The van der Waals surface area contributed by atoms with Crippen LogP contribution in [0.1, 0.15) is 12.5 Å². The highest BCUT2D eigenvalue weighted by atomic mass is 79.9. The van der Waals surface area contributed by atoms with Gasteiger partial charge in [0.15, 0.2) is 11.5 Å². The maximum absolute atomic E-state index is 5.49. The molecule has 0 bridgehead atoms. The summed E-state index contributed by atoms with van der Waals surface area (Å²) in [5.41, 5.74) is 1.11. The summed E-state index contributed by atoms with van der Waals surface area (Å²) < 4.78 is 10.7. The molecule has 1 aromatic rings. The van der Waals surface area contributed by atoms with E-state index in [0.717, 1.165) is 22.4 Å². The Morgan fingerprint density at radius 2 is 2.15 bits per heavy atom. The lowest BCUT2D eigenvalue weighted by Crippen LogP contribution is -1.98. The molecule has 72 valence electrons. The van der Waals surface area contributed by atoms with Gasteiger partial charge in [0, 0.05) is 10.9 Å². The first-order valence-corrected chi connectivity index (χ1v) is 5.30. The molecule has 0 N–H and O–H groups in total. The number of rotatable bonds is 4. The Kier molecular flexibility index (Phi) is 4.09. The van der Waals surface area contributed by atoms with Crippen LogP contribution in [0.15, 0.2) is 18.2 Å². The molecule has 0 aliphatic carbocycles. The van der Waals surface area contributed by atoms with Gasteiger partial charge in [0.25, 0.3) is 0 Å². The molecule has 0 amide bonds. The molecule has 0 saturated heterocycles.